The van der Waals surface area contributed by atoms with Crippen LogP contribution in [0.4, 0.5) is 4.79 Å². The highest BCUT2D eigenvalue weighted by Gasteiger charge is 2.20. The third-order valence-electron chi connectivity index (χ3n) is 2.48. The van der Waals surface area contributed by atoms with Crippen molar-refractivity contribution in [3.63, 3.8) is 0 Å². The number of nitrogens with one attached hydrogen (secondary N) is 1. The molecule has 1 heterocycles. The third kappa shape index (κ3) is 2.96. The molecule has 1 aromatic carbocycles. The lowest BCUT2D eigenvalue weighted by atomic mass is 10.0. The fourth-order valence-corrected chi connectivity index (χ4v) is 1.71. The van der Waals surface area contributed by atoms with Crippen molar-refractivity contribution < 1.29 is 19.1 Å². The average molecular weight is 235 g/mol. The van der Waals surface area contributed by atoms with Crippen molar-refractivity contribution in [2.45, 2.75) is 19.4 Å². The van der Waals surface area contributed by atoms with Gasteiger partial charge in [-0.25, -0.2) is 4.79 Å². The van der Waals surface area contributed by atoms with E-state index in [0.29, 0.717) is 12.4 Å². The van der Waals surface area contributed by atoms with E-state index in [1.165, 1.54) is 6.92 Å². The molecule has 1 amide bonds. The first-order valence-corrected chi connectivity index (χ1v) is 5.37. The van der Waals surface area contributed by atoms with Gasteiger partial charge in [-0.1, -0.05) is 12.1 Å². The number of cyclic esters (lactones) is 1. The Morgan fingerprint density at radius 1 is 1.41 bits per heavy atom. The first-order chi connectivity index (χ1) is 8.15. The molecule has 1 fully saturated rings. The molecule has 0 radical (unpaired) electrons. The molecule has 17 heavy (non-hydrogen) atoms. The number of rotatable bonds is 2. The maximum Gasteiger partial charge on any atom is 0.407 e. The van der Waals surface area contributed by atoms with Crippen LogP contribution in [0, 0.1) is 0 Å². The lowest BCUT2D eigenvalue weighted by Crippen LogP contribution is -2.35. The van der Waals surface area contributed by atoms with Crippen LogP contribution < -0.4 is 10.1 Å². The van der Waals surface area contributed by atoms with Crippen molar-refractivity contribution in [3.8, 4) is 5.75 Å². The van der Waals surface area contributed by atoms with Gasteiger partial charge in [0.25, 0.3) is 0 Å². The van der Waals surface area contributed by atoms with Crippen molar-refractivity contribution >= 4 is 12.1 Å². The normalized spacial score (nSPS) is 19.1. The third-order valence-corrected chi connectivity index (χ3v) is 2.48. The van der Waals surface area contributed by atoms with Crippen LogP contribution in [0.1, 0.15) is 24.9 Å². The van der Waals surface area contributed by atoms with Crippen molar-refractivity contribution in [2.24, 2.45) is 0 Å². The summed E-state index contributed by atoms with van der Waals surface area (Å²) in [6.45, 7) is 1.77. The summed E-state index contributed by atoms with van der Waals surface area (Å²) >= 11 is 0. The van der Waals surface area contributed by atoms with Crippen LogP contribution >= 0.6 is 0 Å². The van der Waals surface area contributed by atoms with Crippen molar-refractivity contribution in [3.05, 3.63) is 29.8 Å². The van der Waals surface area contributed by atoms with Crippen LogP contribution in [0.3, 0.4) is 0 Å². The highest BCUT2D eigenvalue weighted by molar-refractivity contribution is 5.69. The zero-order valence-electron chi connectivity index (χ0n) is 9.43. The second-order valence-electron chi connectivity index (χ2n) is 3.78. The lowest BCUT2D eigenvalue weighted by molar-refractivity contribution is -0.131. The number of hydrogen-bond donors (Lipinski definition) is 1. The van der Waals surface area contributed by atoms with E-state index >= 15 is 0 Å². The lowest BCUT2D eigenvalue weighted by Gasteiger charge is -2.23. The minimum atomic E-state index is -0.398. The molecule has 0 saturated carbocycles. The molecule has 1 aliphatic rings. The predicted octanol–water partition coefficient (Wildman–Crippen LogP) is 1.78. The van der Waals surface area contributed by atoms with Crippen LogP contribution in [0.2, 0.25) is 0 Å². The summed E-state index contributed by atoms with van der Waals surface area (Å²) in [4.78, 5) is 21.8. The van der Waals surface area contributed by atoms with Gasteiger partial charge in [0.15, 0.2) is 0 Å². The Labute approximate surface area is 98.7 Å². The van der Waals surface area contributed by atoms with Crippen molar-refractivity contribution in [1.82, 2.24) is 5.32 Å². The number of alkyl carbamates (subject to hydrolysis) is 1. The zero-order valence-corrected chi connectivity index (χ0v) is 9.43. The summed E-state index contributed by atoms with van der Waals surface area (Å²) in [6, 6.07) is 7.03. The largest absolute Gasteiger partial charge is 0.449 e. The van der Waals surface area contributed by atoms with E-state index in [9.17, 15) is 9.59 Å². The standard InChI is InChI=1S/C12H13NO4/c1-8(14)17-10-4-2-9(3-5-10)11-6-7-16-12(15)13-11/h2-5,11H,6-7H2,1H3,(H,13,15)/t11-/m1/s1. The van der Waals surface area contributed by atoms with Gasteiger partial charge >= 0.3 is 12.1 Å². The topological polar surface area (TPSA) is 64.6 Å². The molecule has 5 heteroatoms. The molecule has 1 N–H and O–H groups in total. The van der Waals surface area contributed by atoms with Crippen molar-refractivity contribution in [2.75, 3.05) is 6.61 Å². The van der Waals surface area contributed by atoms with Gasteiger partial charge in [-0.05, 0) is 17.7 Å². The molecule has 2 rings (SSSR count). The maximum atomic E-state index is 11.1. The molecule has 1 atom stereocenters. The van der Waals surface area contributed by atoms with E-state index < -0.39 is 6.09 Å². The van der Waals surface area contributed by atoms with Gasteiger partial charge in [-0.15, -0.1) is 0 Å². The number of ether oxygens (including phenoxy) is 2. The van der Waals surface area contributed by atoms with E-state index in [1.54, 1.807) is 12.1 Å². The molecule has 1 aromatic rings. The number of carbonyl (C=O) groups is 2. The van der Waals surface area contributed by atoms with Gasteiger partial charge in [0, 0.05) is 13.3 Å². The fraction of sp³-hybridized carbons (Fsp3) is 0.333. The van der Waals surface area contributed by atoms with Crippen LogP contribution in [0.25, 0.3) is 0 Å². The van der Waals surface area contributed by atoms with E-state index in [1.807, 2.05) is 12.1 Å². The molecule has 1 aliphatic heterocycles. The number of benzene rings is 1. The molecule has 0 unspecified atom stereocenters. The van der Waals surface area contributed by atoms with E-state index in [0.717, 1.165) is 12.0 Å². The maximum absolute atomic E-state index is 11.1. The first-order valence-electron chi connectivity index (χ1n) is 5.37. The molecular formula is C12H13NO4. The summed E-state index contributed by atoms with van der Waals surface area (Å²) in [5.74, 6) is 0.150. The Bertz CT molecular complexity index is 427. The molecule has 0 spiro atoms. The Balaban J connectivity index is 2.06. The smallest absolute Gasteiger partial charge is 0.407 e. The molecule has 0 aromatic heterocycles. The summed E-state index contributed by atoms with van der Waals surface area (Å²) in [5, 5.41) is 2.72. The van der Waals surface area contributed by atoms with Crippen molar-refractivity contribution in [1.29, 1.82) is 0 Å². The first kappa shape index (κ1) is 11.4. The molecule has 0 aliphatic carbocycles. The second kappa shape index (κ2) is 4.86. The Morgan fingerprint density at radius 3 is 2.71 bits per heavy atom. The van der Waals surface area contributed by atoms with Gasteiger partial charge in [0.2, 0.25) is 0 Å². The van der Waals surface area contributed by atoms with E-state index in [-0.39, 0.29) is 12.0 Å². The average Bonchev–Trinajstić information content (AvgIpc) is 2.29. The predicted molar refractivity (Wildman–Crippen MR) is 59.6 cm³/mol. The number of hydrogen-bond acceptors (Lipinski definition) is 4. The van der Waals surface area contributed by atoms with Gasteiger partial charge in [-0.2, -0.15) is 0 Å². The summed E-state index contributed by atoms with van der Waals surface area (Å²) in [6.07, 6.45) is 0.337. The van der Waals surface area contributed by atoms with Gasteiger partial charge in [0.05, 0.1) is 12.6 Å². The minimum Gasteiger partial charge on any atom is -0.449 e. The Hall–Kier alpha value is -2.04. The summed E-state index contributed by atoms with van der Waals surface area (Å²) < 4.78 is 9.71. The minimum absolute atomic E-state index is 0.0392. The molecule has 5 nitrogen and oxygen atoms in total. The fourth-order valence-electron chi connectivity index (χ4n) is 1.71. The van der Waals surface area contributed by atoms with E-state index in [4.69, 9.17) is 9.47 Å². The zero-order chi connectivity index (χ0) is 12.3. The van der Waals surface area contributed by atoms with Gasteiger partial charge in [-0.3, -0.25) is 4.79 Å². The highest BCUT2D eigenvalue weighted by atomic mass is 16.6. The van der Waals surface area contributed by atoms with Gasteiger partial charge < -0.3 is 14.8 Å². The SMILES string of the molecule is CC(=O)Oc1ccc([C@H]2CCOC(=O)N2)cc1. The number of carbonyl (C=O) groups excluding carboxylic acids is 2. The Kier molecular flexibility index (Phi) is 3.27. The van der Waals surface area contributed by atoms with E-state index in [2.05, 4.69) is 5.32 Å². The molecule has 0 bridgehead atoms. The van der Waals surface area contributed by atoms with Crippen LogP contribution in [0.15, 0.2) is 24.3 Å². The molecule has 90 valence electrons. The summed E-state index contributed by atoms with van der Waals surface area (Å²) in [5.41, 5.74) is 0.970. The van der Waals surface area contributed by atoms with Gasteiger partial charge in [0.1, 0.15) is 5.75 Å². The molecule has 1 saturated heterocycles. The quantitative estimate of drug-likeness (QED) is 0.627. The van der Waals surface area contributed by atoms with Crippen LogP contribution in [-0.2, 0) is 9.53 Å². The summed E-state index contributed by atoms with van der Waals surface area (Å²) in [7, 11) is 0. The van der Waals surface area contributed by atoms with Crippen LogP contribution in [0.5, 0.6) is 5.75 Å². The highest BCUT2D eigenvalue weighted by Crippen LogP contribution is 2.22. The Morgan fingerprint density at radius 2 is 2.12 bits per heavy atom. The second-order valence-corrected chi connectivity index (χ2v) is 3.78. The monoisotopic (exact) mass is 235 g/mol. The molecular weight excluding hydrogens is 222 g/mol. The number of esters is 1. The van der Waals surface area contributed by atoms with Crippen LogP contribution in [-0.4, -0.2) is 18.7 Å². The number of amides is 1.